The lowest BCUT2D eigenvalue weighted by molar-refractivity contribution is 0.171. The number of nitrogens with one attached hydrogen (secondary N) is 2. The van der Waals surface area contributed by atoms with Crippen molar-refractivity contribution in [3.8, 4) is 11.5 Å². The number of hydrogen-bond donors (Lipinski definition) is 2. The van der Waals surface area contributed by atoms with Gasteiger partial charge in [0.05, 0.1) is 0 Å². The van der Waals surface area contributed by atoms with E-state index in [1.807, 2.05) is 12.1 Å². The average Bonchev–Trinajstić information content (AvgIpc) is 2.54. The summed E-state index contributed by atoms with van der Waals surface area (Å²) in [6, 6.07) is 6.05. The molecule has 120 valence electrons. The van der Waals surface area contributed by atoms with Crippen molar-refractivity contribution in [2.75, 3.05) is 19.8 Å². The summed E-state index contributed by atoms with van der Waals surface area (Å²) >= 11 is 5.06. The standard InChI is InChI=1S/C16H17N3O3S/c20-15-11-3-4-19(9-12(11)17-16(23)18-15)8-10-1-2-13-14(7-10)22-6-5-21-13/h1-2,7H,3-6,8-9H2,(H2,17,18,20,23). The first-order valence-corrected chi connectivity index (χ1v) is 8.05. The van der Waals surface area contributed by atoms with E-state index in [4.69, 9.17) is 21.7 Å². The number of rotatable bonds is 2. The molecule has 1 aromatic carbocycles. The van der Waals surface area contributed by atoms with Crippen LogP contribution in [0.5, 0.6) is 11.5 Å². The van der Waals surface area contributed by atoms with Crippen LogP contribution in [0, 0.1) is 4.77 Å². The summed E-state index contributed by atoms with van der Waals surface area (Å²) in [5.74, 6) is 1.61. The molecule has 0 bridgehead atoms. The summed E-state index contributed by atoms with van der Waals surface area (Å²) in [6.45, 7) is 3.52. The van der Waals surface area contributed by atoms with Gasteiger partial charge in [-0.25, -0.2) is 0 Å². The fraction of sp³-hybridized carbons (Fsp3) is 0.375. The molecular weight excluding hydrogens is 314 g/mol. The van der Waals surface area contributed by atoms with E-state index in [0.29, 0.717) is 24.5 Å². The maximum atomic E-state index is 11.9. The van der Waals surface area contributed by atoms with E-state index >= 15 is 0 Å². The molecule has 0 saturated carbocycles. The number of ether oxygens (including phenoxy) is 2. The van der Waals surface area contributed by atoms with Gasteiger partial charge in [-0.2, -0.15) is 0 Å². The van der Waals surface area contributed by atoms with Gasteiger partial charge in [0.25, 0.3) is 5.56 Å². The zero-order chi connectivity index (χ0) is 15.8. The van der Waals surface area contributed by atoms with Gasteiger partial charge in [-0.05, 0) is 36.3 Å². The molecule has 0 atom stereocenters. The van der Waals surface area contributed by atoms with Gasteiger partial charge in [0.15, 0.2) is 16.3 Å². The van der Waals surface area contributed by atoms with Crippen LogP contribution in [0.4, 0.5) is 0 Å². The van der Waals surface area contributed by atoms with Crippen LogP contribution in [0.25, 0.3) is 0 Å². The Morgan fingerprint density at radius 3 is 2.87 bits per heavy atom. The zero-order valence-corrected chi connectivity index (χ0v) is 13.4. The molecule has 4 rings (SSSR count). The molecule has 23 heavy (non-hydrogen) atoms. The van der Waals surface area contributed by atoms with Gasteiger partial charge < -0.3 is 14.5 Å². The highest BCUT2D eigenvalue weighted by Gasteiger charge is 2.20. The third-order valence-electron chi connectivity index (χ3n) is 4.20. The Morgan fingerprint density at radius 2 is 2.00 bits per heavy atom. The van der Waals surface area contributed by atoms with E-state index in [0.717, 1.165) is 42.3 Å². The number of aromatic amines is 2. The summed E-state index contributed by atoms with van der Waals surface area (Å²) in [4.78, 5) is 20.0. The molecule has 0 aliphatic carbocycles. The highest BCUT2D eigenvalue weighted by Crippen LogP contribution is 2.31. The zero-order valence-electron chi connectivity index (χ0n) is 12.6. The molecule has 2 aliphatic heterocycles. The predicted molar refractivity (Wildman–Crippen MR) is 87.5 cm³/mol. The monoisotopic (exact) mass is 331 g/mol. The molecule has 2 N–H and O–H groups in total. The second-order valence-electron chi connectivity index (χ2n) is 5.80. The average molecular weight is 331 g/mol. The highest BCUT2D eigenvalue weighted by atomic mass is 32.1. The van der Waals surface area contributed by atoms with Gasteiger partial charge in [-0.3, -0.25) is 14.7 Å². The van der Waals surface area contributed by atoms with Crippen molar-refractivity contribution in [1.82, 2.24) is 14.9 Å². The quantitative estimate of drug-likeness (QED) is 0.821. The minimum atomic E-state index is -0.0669. The first-order valence-electron chi connectivity index (χ1n) is 7.64. The van der Waals surface area contributed by atoms with Crippen LogP contribution in [0.1, 0.15) is 16.8 Å². The summed E-state index contributed by atoms with van der Waals surface area (Å²) in [7, 11) is 0. The topological polar surface area (TPSA) is 70.4 Å². The van der Waals surface area contributed by atoms with Crippen molar-refractivity contribution in [1.29, 1.82) is 0 Å². The van der Waals surface area contributed by atoms with Crippen LogP contribution >= 0.6 is 12.2 Å². The van der Waals surface area contributed by atoms with Crippen molar-refractivity contribution < 1.29 is 9.47 Å². The third-order valence-corrected chi connectivity index (χ3v) is 4.41. The number of nitrogens with zero attached hydrogens (tertiary/aromatic N) is 1. The Hall–Kier alpha value is -2.12. The molecule has 0 spiro atoms. The number of H-pyrrole nitrogens is 2. The first-order chi connectivity index (χ1) is 11.2. The lowest BCUT2D eigenvalue weighted by Gasteiger charge is -2.28. The Morgan fingerprint density at radius 1 is 1.17 bits per heavy atom. The summed E-state index contributed by atoms with van der Waals surface area (Å²) in [5, 5.41) is 0. The van der Waals surface area contributed by atoms with Gasteiger partial charge in [0.1, 0.15) is 13.2 Å². The molecular formula is C16H17N3O3S. The molecule has 3 heterocycles. The minimum absolute atomic E-state index is 0.0669. The maximum Gasteiger partial charge on any atom is 0.255 e. The van der Waals surface area contributed by atoms with Crippen LogP contribution in [0.15, 0.2) is 23.0 Å². The van der Waals surface area contributed by atoms with E-state index in [-0.39, 0.29) is 5.56 Å². The SMILES string of the molecule is O=c1[nH]c(=S)[nH]c2c1CCN(Cc1ccc3c(c1)OCCO3)C2. The van der Waals surface area contributed by atoms with Gasteiger partial charge in [-0.1, -0.05) is 6.07 Å². The number of benzene rings is 1. The van der Waals surface area contributed by atoms with E-state index in [2.05, 4.69) is 20.9 Å². The molecule has 0 amide bonds. The van der Waals surface area contributed by atoms with Crippen LogP contribution < -0.4 is 15.0 Å². The van der Waals surface area contributed by atoms with Crippen LogP contribution in [-0.4, -0.2) is 34.6 Å². The molecule has 6 nitrogen and oxygen atoms in total. The second-order valence-corrected chi connectivity index (χ2v) is 6.21. The number of hydrogen-bond acceptors (Lipinski definition) is 5. The van der Waals surface area contributed by atoms with Gasteiger partial charge in [0, 0.05) is 30.9 Å². The smallest absolute Gasteiger partial charge is 0.255 e. The van der Waals surface area contributed by atoms with Crippen LogP contribution in [-0.2, 0) is 19.5 Å². The number of aromatic nitrogens is 2. The normalized spacial score (nSPS) is 16.9. The summed E-state index contributed by atoms with van der Waals surface area (Å²) in [5.41, 5.74) is 2.84. The van der Waals surface area contributed by atoms with Crippen LogP contribution in [0.2, 0.25) is 0 Å². The third kappa shape index (κ3) is 2.89. The Kier molecular flexibility index (Phi) is 3.66. The summed E-state index contributed by atoms with van der Waals surface area (Å²) < 4.78 is 11.6. The van der Waals surface area contributed by atoms with Crippen molar-refractivity contribution in [3.63, 3.8) is 0 Å². The van der Waals surface area contributed by atoms with Crippen molar-refractivity contribution in [2.45, 2.75) is 19.5 Å². The van der Waals surface area contributed by atoms with Gasteiger partial charge in [0.2, 0.25) is 0 Å². The van der Waals surface area contributed by atoms with Crippen molar-refractivity contribution in [2.24, 2.45) is 0 Å². The van der Waals surface area contributed by atoms with Gasteiger partial charge in [-0.15, -0.1) is 0 Å². The van der Waals surface area contributed by atoms with E-state index in [9.17, 15) is 4.79 Å². The molecule has 7 heteroatoms. The van der Waals surface area contributed by atoms with E-state index < -0.39 is 0 Å². The largest absolute Gasteiger partial charge is 0.486 e. The van der Waals surface area contributed by atoms with Gasteiger partial charge >= 0.3 is 0 Å². The lowest BCUT2D eigenvalue weighted by Crippen LogP contribution is -2.34. The Balaban J connectivity index is 1.54. The van der Waals surface area contributed by atoms with E-state index in [1.165, 1.54) is 5.56 Å². The molecule has 0 fully saturated rings. The fourth-order valence-electron chi connectivity index (χ4n) is 3.11. The summed E-state index contributed by atoms with van der Waals surface area (Å²) in [6.07, 6.45) is 0.724. The maximum absolute atomic E-state index is 11.9. The minimum Gasteiger partial charge on any atom is -0.486 e. The molecule has 1 aromatic heterocycles. The van der Waals surface area contributed by atoms with E-state index in [1.54, 1.807) is 0 Å². The lowest BCUT2D eigenvalue weighted by atomic mass is 10.1. The predicted octanol–water partition coefficient (Wildman–Crippen LogP) is 1.76. The Labute approximate surface area is 138 Å². The molecule has 0 saturated heterocycles. The molecule has 0 unspecified atom stereocenters. The van der Waals surface area contributed by atoms with Crippen molar-refractivity contribution >= 4 is 12.2 Å². The fourth-order valence-corrected chi connectivity index (χ4v) is 3.33. The Bertz CT molecular complexity index is 858. The van der Waals surface area contributed by atoms with Crippen LogP contribution in [0.3, 0.4) is 0 Å². The van der Waals surface area contributed by atoms with Crippen molar-refractivity contribution in [3.05, 3.63) is 50.1 Å². The second kappa shape index (κ2) is 5.82. The molecule has 0 radical (unpaired) electrons. The molecule has 2 aromatic rings. The molecule has 2 aliphatic rings. The highest BCUT2D eigenvalue weighted by molar-refractivity contribution is 7.71. The first kappa shape index (κ1) is 14.5. The number of fused-ring (bicyclic) bond motifs is 2.